The van der Waals surface area contributed by atoms with E-state index in [0.717, 1.165) is 17.3 Å². The highest BCUT2D eigenvalue weighted by molar-refractivity contribution is 7.89. The van der Waals surface area contributed by atoms with E-state index in [1.807, 2.05) is 13.8 Å². The molecule has 112 valence electrons. The molecule has 1 aromatic heterocycles. The van der Waals surface area contributed by atoms with Crippen LogP contribution in [0, 0.1) is 25.2 Å². The Hall–Kier alpha value is -0.880. The third-order valence-corrected chi connectivity index (χ3v) is 6.71. The summed E-state index contributed by atoms with van der Waals surface area (Å²) in [5, 5.41) is 0.136. The Morgan fingerprint density at radius 3 is 2.45 bits per heavy atom. The molecule has 0 saturated heterocycles. The van der Waals surface area contributed by atoms with E-state index in [4.69, 9.17) is 0 Å². The van der Waals surface area contributed by atoms with Gasteiger partial charge in [-0.2, -0.15) is 0 Å². The number of nitrogens with one attached hydrogen (secondary N) is 1. The van der Waals surface area contributed by atoms with Crippen LogP contribution in [0.5, 0.6) is 0 Å². The molecule has 0 unspecified atom stereocenters. The lowest BCUT2D eigenvalue weighted by molar-refractivity contribution is 0.295. The molecule has 2 bridgehead atoms. The molecule has 0 amide bonds. The smallest absolute Gasteiger partial charge is 0.274 e. The summed E-state index contributed by atoms with van der Waals surface area (Å²) in [6, 6.07) is 0. The van der Waals surface area contributed by atoms with Gasteiger partial charge in [-0.3, -0.25) is 0 Å². The second-order valence-electron chi connectivity index (χ2n) is 6.60. The van der Waals surface area contributed by atoms with Gasteiger partial charge < -0.3 is 4.57 Å². The maximum Gasteiger partial charge on any atom is 0.274 e. The topological polar surface area (TPSA) is 64.0 Å². The summed E-state index contributed by atoms with van der Waals surface area (Å²) in [5.41, 5.74) is 1.88. The molecule has 0 atom stereocenters. The third-order valence-electron chi connectivity index (χ3n) is 5.34. The van der Waals surface area contributed by atoms with Gasteiger partial charge in [-0.1, -0.05) is 0 Å². The highest BCUT2D eigenvalue weighted by atomic mass is 32.2. The van der Waals surface area contributed by atoms with E-state index in [1.54, 1.807) is 11.6 Å². The number of hydrogen-bond acceptors (Lipinski definition) is 3. The van der Waals surface area contributed by atoms with Crippen LogP contribution in [0.25, 0.3) is 0 Å². The second-order valence-corrected chi connectivity index (χ2v) is 8.26. The fourth-order valence-electron chi connectivity index (χ4n) is 3.80. The summed E-state index contributed by atoms with van der Waals surface area (Å²) >= 11 is 0. The highest BCUT2D eigenvalue weighted by Crippen LogP contribution is 2.53. The molecule has 2 fully saturated rings. The van der Waals surface area contributed by atoms with Crippen LogP contribution in [0.3, 0.4) is 0 Å². The van der Waals surface area contributed by atoms with E-state index in [-0.39, 0.29) is 10.6 Å². The molecule has 1 aromatic rings. The minimum absolute atomic E-state index is 0.136. The molecule has 0 radical (unpaired) electrons. The number of hydrogen-bond donors (Lipinski definition) is 1. The largest absolute Gasteiger partial charge is 0.321 e. The average Bonchev–Trinajstić information content (AvgIpc) is 3.07. The minimum atomic E-state index is -3.51. The van der Waals surface area contributed by atoms with Crippen molar-refractivity contribution in [3.8, 4) is 0 Å². The van der Waals surface area contributed by atoms with Crippen LogP contribution in [0.15, 0.2) is 5.16 Å². The van der Waals surface area contributed by atoms with Gasteiger partial charge in [0, 0.05) is 19.3 Å². The van der Waals surface area contributed by atoms with Crippen LogP contribution >= 0.6 is 0 Å². The summed E-state index contributed by atoms with van der Waals surface area (Å²) in [6.07, 6.45) is 6.05. The molecule has 6 heteroatoms. The number of fused-ring (bicyclic) bond motifs is 2. The van der Waals surface area contributed by atoms with Crippen molar-refractivity contribution in [2.24, 2.45) is 18.4 Å². The van der Waals surface area contributed by atoms with Crippen LogP contribution in [-0.2, 0) is 17.1 Å². The third kappa shape index (κ3) is 2.19. The van der Waals surface area contributed by atoms with Crippen molar-refractivity contribution in [3.05, 3.63) is 11.4 Å². The quantitative estimate of drug-likeness (QED) is 0.923. The Labute approximate surface area is 120 Å². The van der Waals surface area contributed by atoms with Gasteiger partial charge in [0.2, 0.25) is 5.16 Å². The summed E-state index contributed by atoms with van der Waals surface area (Å²) in [5.74, 6) is 0.831. The molecule has 0 aliphatic heterocycles. The van der Waals surface area contributed by atoms with Gasteiger partial charge in [-0.15, -0.1) is 0 Å². The van der Waals surface area contributed by atoms with Crippen LogP contribution in [0.2, 0.25) is 0 Å². The van der Waals surface area contributed by atoms with Crippen LogP contribution in [0.4, 0.5) is 0 Å². The molecule has 3 rings (SSSR count). The molecule has 0 aromatic carbocycles. The van der Waals surface area contributed by atoms with Crippen LogP contribution < -0.4 is 4.72 Å². The van der Waals surface area contributed by atoms with E-state index in [9.17, 15) is 8.42 Å². The summed E-state index contributed by atoms with van der Waals surface area (Å²) in [7, 11) is -1.75. The summed E-state index contributed by atoms with van der Waals surface area (Å²) in [4.78, 5) is 4.20. The SMILES string of the molecule is Cc1nc(S(=O)(=O)NCC23CCC(CC2)C3)n(C)c1C. The lowest BCUT2D eigenvalue weighted by Gasteiger charge is -2.26. The van der Waals surface area contributed by atoms with Gasteiger partial charge >= 0.3 is 0 Å². The first-order valence-electron chi connectivity index (χ1n) is 7.33. The molecule has 1 heterocycles. The number of rotatable bonds is 4. The van der Waals surface area contributed by atoms with Crippen LogP contribution in [-0.4, -0.2) is 24.5 Å². The zero-order chi connectivity index (χ0) is 14.5. The van der Waals surface area contributed by atoms with Gasteiger partial charge in [-0.25, -0.2) is 18.1 Å². The van der Waals surface area contributed by atoms with E-state index in [0.29, 0.717) is 6.54 Å². The lowest BCUT2D eigenvalue weighted by Crippen LogP contribution is -2.36. The number of aromatic nitrogens is 2. The van der Waals surface area contributed by atoms with Gasteiger partial charge in [0.05, 0.1) is 5.69 Å². The molecular weight excluding hydrogens is 274 g/mol. The molecule has 2 saturated carbocycles. The van der Waals surface area contributed by atoms with Gasteiger partial charge in [0.25, 0.3) is 10.0 Å². The van der Waals surface area contributed by atoms with E-state index >= 15 is 0 Å². The maximum atomic E-state index is 12.5. The van der Waals surface area contributed by atoms with Crippen molar-refractivity contribution >= 4 is 10.0 Å². The first-order valence-corrected chi connectivity index (χ1v) is 8.81. The number of imidazole rings is 1. The van der Waals surface area contributed by atoms with E-state index in [2.05, 4.69) is 9.71 Å². The van der Waals surface area contributed by atoms with Crippen LogP contribution in [0.1, 0.15) is 43.5 Å². The van der Waals surface area contributed by atoms with Crippen molar-refractivity contribution in [1.29, 1.82) is 0 Å². The Kier molecular flexibility index (Phi) is 3.21. The first-order chi connectivity index (χ1) is 9.33. The fourth-order valence-corrected chi connectivity index (χ4v) is 5.18. The molecular formula is C14H23N3O2S. The van der Waals surface area contributed by atoms with Crippen molar-refractivity contribution in [1.82, 2.24) is 14.3 Å². The van der Waals surface area contributed by atoms with Crippen molar-refractivity contribution < 1.29 is 8.42 Å². The van der Waals surface area contributed by atoms with Gasteiger partial charge in [0.1, 0.15) is 0 Å². The average molecular weight is 297 g/mol. The normalized spacial score (nSPS) is 29.2. The Morgan fingerprint density at radius 1 is 1.35 bits per heavy atom. The zero-order valence-corrected chi connectivity index (χ0v) is 13.3. The first kappa shape index (κ1) is 14.1. The van der Waals surface area contributed by atoms with Crippen molar-refractivity contribution in [2.75, 3.05) is 6.54 Å². The van der Waals surface area contributed by atoms with Crippen molar-refractivity contribution in [2.45, 2.75) is 51.1 Å². The molecule has 1 N–H and O–H groups in total. The Balaban J connectivity index is 1.77. The van der Waals surface area contributed by atoms with E-state index in [1.165, 1.54) is 32.1 Å². The number of sulfonamides is 1. The molecule has 2 aliphatic carbocycles. The minimum Gasteiger partial charge on any atom is -0.321 e. The zero-order valence-electron chi connectivity index (χ0n) is 12.4. The fraction of sp³-hybridized carbons (Fsp3) is 0.786. The predicted molar refractivity (Wildman–Crippen MR) is 76.9 cm³/mol. The Bertz CT molecular complexity index is 625. The Morgan fingerprint density at radius 2 is 2.00 bits per heavy atom. The summed E-state index contributed by atoms with van der Waals surface area (Å²) < 4.78 is 29.4. The monoisotopic (exact) mass is 297 g/mol. The maximum absolute atomic E-state index is 12.5. The predicted octanol–water partition coefficient (Wildman–Crippen LogP) is 1.90. The lowest BCUT2D eigenvalue weighted by atomic mass is 9.85. The molecule has 0 spiro atoms. The standard InChI is InChI=1S/C14H23N3O2S/c1-10-11(2)17(3)13(16-10)20(18,19)15-9-14-6-4-12(8-14)5-7-14/h12,15H,4-9H2,1-3H3. The van der Waals surface area contributed by atoms with E-state index < -0.39 is 10.0 Å². The highest BCUT2D eigenvalue weighted by Gasteiger charge is 2.45. The number of nitrogens with zero attached hydrogens (tertiary/aromatic N) is 2. The second kappa shape index (κ2) is 4.56. The summed E-state index contributed by atoms with van der Waals surface area (Å²) in [6.45, 7) is 4.29. The molecule has 2 aliphatic rings. The van der Waals surface area contributed by atoms with Crippen molar-refractivity contribution in [3.63, 3.8) is 0 Å². The van der Waals surface area contributed by atoms with Gasteiger partial charge in [-0.05, 0) is 57.3 Å². The molecule has 20 heavy (non-hydrogen) atoms. The molecule has 5 nitrogen and oxygen atoms in total. The van der Waals surface area contributed by atoms with Gasteiger partial charge in [0.15, 0.2) is 0 Å². The number of aryl methyl sites for hydroxylation is 1.